The van der Waals surface area contributed by atoms with Gasteiger partial charge in [0, 0.05) is 35.3 Å². The van der Waals surface area contributed by atoms with Crippen LogP contribution in [0.25, 0.3) is 23.3 Å². The van der Waals surface area contributed by atoms with Crippen LogP contribution in [-0.4, -0.2) is 49.1 Å². The maximum absolute atomic E-state index is 14.0. The average molecular weight is 951 g/mol. The Morgan fingerprint density at radius 1 is 0.522 bits per heavy atom. The third-order valence-corrected chi connectivity index (χ3v) is 10.3. The highest BCUT2D eigenvalue weighted by molar-refractivity contribution is 6.16. The lowest BCUT2D eigenvalue weighted by Gasteiger charge is -2.16. The van der Waals surface area contributed by atoms with Gasteiger partial charge in [-0.25, -0.2) is 9.59 Å². The SMILES string of the molecule is Cc1c(N)ccc(-c2ccc(N)cc2C(=O)/C=C/c2ccc(OC(=O)c3ccc(OCCCC(F)(F)F)cc3)cc2)c1C(=O)/C=C/c1ccc(OC(=O)c2ccc(OCCCC(F)(F)F)cc2)cc1. The Morgan fingerprint density at radius 2 is 0.942 bits per heavy atom. The molecule has 0 aliphatic heterocycles. The van der Waals surface area contributed by atoms with E-state index in [1.54, 1.807) is 79.7 Å². The molecule has 6 rings (SSSR count). The number of esters is 2. The van der Waals surface area contributed by atoms with Gasteiger partial charge in [0.05, 0.1) is 24.3 Å². The Bertz CT molecular complexity index is 2840. The average Bonchev–Trinajstić information content (AvgIpc) is 3.31. The molecule has 0 fully saturated rings. The molecule has 10 nitrogen and oxygen atoms in total. The number of rotatable bonds is 19. The Balaban J connectivity index is 1.08. The van der Waals surface area contributed by atoms with Crippen LogP contribution in [0.2, 0.25) is 0 Å². The zero-order valence-corrected chi connectivity index (χ0v) is 36.9. The fourth-order valence-corrected chi connectivity index (χ4v) is 6.71. The summed E-state index contributed by atoms with van der Waals surface area (Å²) >= 11 is 0. The van der Waals surface area contributed by atoms with Crippen LogP contribution in [0.3, 0.4) is 0 Å². The molecular weight excluding hydrogens is 907 g/mol. The van der Waals surface area contributed by atoms with E-state index in [0.29, 0.717) is 50.7 Å². The summed E-state index contributed by atoms with van der Waals surface area (Å²) in [6, 6.07) is 32.4. The van der Waals surface area contributed by atoms with Gasteiger partial charge < -0.3 is 30.4 Å². The number of nitrogen functional groups attached to an aromatic ring is 2. The number of ether oxygens (including phenoxy) is 4. The van der Waals surface area contributed by atoms with Crippen molar-refractivity contribution in [3.05, 3.63) is 178 Å². The van der Waals surface area contributed by atoms with Crippen LogP contribution in [0.4, 0.5) is 37.7 Å². The molecule has 0 aromatic heterocycles. The van der Waals surface area contributed by atoms with Crippen LogP contribution in [-0.2, 0) is 0 Å². The Morgan fingerprint density at radius 3 is 1.39 bits per heavy atom. The van der Waals surface area contributed by atoms with E-state index >= 15 is 0 Å². The lowest BCUT2D eigenvalue weighted by Crippen LogP contribution is -2.10. The van der Waals surface area contributed by atoms with E-state index in [4.69, 9.17) is 30.4 Å². The first-order valence-corrected chi connectivity index (χ1v) is 21.3. The molecule has 0 amide bonds. The monoisotopic (exact) mass is 950 g/mol. The molecule has 0 unspecified atom stereocenters. The fraction of sp³-hybridized carbons (Fsp3) is 0.170. The predicted molar refractivity (Wildman–Crippen MR) is 249 cm³/mol. The number of anilines is 2. The van der Waals surface area contributed by atoms with E-state index in [9.17, 15) is 45.5 Å². The third-order valence-electron chi connectivity index (χ3n) is 10.3. The van der Waals surface area contributed by atoms with Crippen molar-refractivity contribution in [2.75, 3.05) is 24.7 Å². The van der Waals surface area contributed by atoms with E-state index in [1.807, 2.05) is 0 Å². The Labute approximate surface area is 392 Å². The lowest BCUT2D eigenvalue weighted by atomic mass is 9.88. The number of carbonyl (C=O) groups is 4. The standard InChI is InChI=1S/C53H44F6N2O8/c1-33-46(61)25-24-44(49(33)48(63)27-9-35-6-17-42(18-7-35)69-51(65)37-12-21-40(22-13-37)67-31-3-29-53(57,58)59)43-23-14-38(60)32-45(43)47(62)26-8-34-4-15-41(16-5-34)68-50(64)36-10-19-39(20-11-36)66-30-2-28-52(54,55)56/h4-27,32H,2-3,28-31,60-61H2,1H3/b26-8+,27-9+. The topological polar surface area (TPSA) is 157 Å². The van der Waals surface area contributed by atoms with E-state index in [-0.39, 0.29) is 59.8 Å². The minimum Gasteiger partial charge on any atom is -0.494 e. The number of benzene rings is 6. The second kappa shape index (κ2) is 22.6. The van der Waals surface area contributed by atoms with Crippen molar-refractivity contribution in [2.24, 2.45) is 0 Å². The summed E-state index contributed by atoms with van der Waals surface area (Å²) in [5.74, 6) is -1.12. The van der Waals surface area contributed by atoms with Gasteiger partial charge in [-0.1, -0.05) is 48.6 Å². The van der Waals surface area contributed by atoms with Crippen LogP contribution < -0.4 is 30.4 Å². The van der Waals surface area contributed by atoms with Crippen molar-refractivity contribution in [1.29, 1.82) is 0 Å². The van der Waals surface area contributed by atoms with Gasteiger partial charge >= 0.3 is 24.3 Å². The summed E-state index contributed by atoms with van der Waals surface area (Å²) in [7, 11) is 0. The smallest absolute Gasteiger partial charge is 0.389 e. The summed E-state index contributed by atoms with van der Waals surface area (Å²) in [5, 5.41) is 0. The number of allylic oxidation sites excluding steroid dienone is 2. The summed E-state index contributed by atoms with van der Waals surface area (Å²) in [6.45, 7) is 1.44. The zero-order chi connectivity index (χ0) is 49.7. The van der Waals surface area contributed by atoms with Crippen molar-refractivity contribution >= 4 is 47.0 Å². The highest BCUT2D eigenvalue weighted by Gasteiger charge is 2.27. The lowest BCUT2D eigenvalue weighted by molar-refractivity contribution is -0.137. The molecule has 6 aromatic carbocycles. The van der Waals surface area contributed by atoms with E-state index in [0.717, 1.165) is 0 Å². The number of ketones is 2. The molecule has 6 aromatic rings. The molecule has 16 heteroatoms. The van der Waals surface area contributed by atoms with Crippen LogP contribution >= 0.6 is 0 Å². The zero-order valence-electron chi connectivity index (χ0n) is 36.9. The van der Waals surface area contributed by atoms with Gasteiger partial charge in [0.1, 0.15) is 23.0 Å². The van der Waals surface area contributed by atoms with Gasteiger partial charge in [0.25, 0.3) is 0 Å². The van der Waals surface area contributed by atoms with Crippen LogP contribution in [0.5, 0.6) is 23.0 Å². The molecule has 0 radical (unpaired) electrons. The Kier molecular flexibility index (Phi) is 16.4. The molecule has 0 aliphatic carbocycles. The largest absolute Gasteiger partial charge is 0.494 e. The third kappa shape index (κ3) is 14.9. The molecule has 0 spiro atoms. The van der Waals surface area contributed by atoms with Crippen LogP contribution in [0.1, 0.15) is 83.8 Å². The maximum Gasteiger partial charge on any atom is 0.389 e. The van der Waals surface area contributed by atoms with Gasteiger partial charge in [-0.05, 0) is 151 Å². The minimum absolute atomic E-state index is 0.130. The molecule has 356 valence electrons. The fourth-order valence-electron chi connectivity index (χ4n) is 6.71. The molecule has 0 saturated heterocycles. The first kappa shape index (κ1) is 50.3. The first-order valence-electron chi connectivity index (χ1n) is 21.3. The second-order valence-electron chi connectivity index (χ2n) is 15.5. The molecule has 0 aliphatic rings. The molecular formula is C53H44F6N2O8. The number of hydrogen-bond donors (Lipinski definition) is 2. The van der Waals surface area contributed by atoms with E-state index in [1.165, 1.54) is 78.9 Å². The second-order valence-corrected chi connectivity index (χ2v) is 15.5. The number of nitrogens with two attached hydrogens (primary N) is 2. The molecule has 0 saturated carbocycles. The maximum atomic E-state index is 14.0. The highest BCUT2D eigenvalue weighted by Crippen LogP contribution is 2.34. The first-order chi connectivity index (χ1) is 32.8. The van der Waals surface area contributed by atoms with E-state index < -0.39 is 48.7 Å². The number of alkyl halides is 6. The van der Waals surface area contributed by atoms with E-state index in [2.05, 4.69) is 0 Å². The van der Waals surface area contributed by atoms with Gasteiger partial charge in [-0.2, -0.15) is 26.3 Å². The number of carbonyl (C=O) groups excluding carboxylic acids is 4. The summed E-state index contributed by atoms with van der Waals surface area (Å²) < 4.78 is 95.8. The predicted octanol–water partition coefficient (Wildman–Crippen LogP) is 12.5. The van der Waals surface area contributed by atoms with Crippen molar-refractivity contribution in [3.63, 3.8) is 0 Å². The van der Waals surface area contributed by atoms with Gasteiger partial charge in [0.2, 0.25) is 0 Å². The highest BCUT2D eigenvalue weighted by atomic mass is 19.4. The van der Waals surface area contributed by atoms with Crippen molar-refractivity contribution in [2.45, 2.75) is 45.0 Å². The van der Waals surface area contributed by atoms with Crippen molar-refractivity contribution in [1.82, 2.24) is 0 Å². The number of hydrogen-bond acceptors (Lipinski definition) is 10. The van der Waals surface area contributed by atoms with Crippen LogP contribution in [0.15, 0.2) is 140 Å². The van der Waals surface area contributed by atoms with Crippen molar-refractivity contribution in [3.8, 4) is 34.1 Å². The molecule has 4 N–H and O–H groups in total. The Hall–Kier alpha value is -8.14. The molecule has 0 atom stereocenters. The quantitative estimate of drug-likeness (QED) is 0.0152. The summed E-state index contributed by atoms with van der Waals surface area (Å²) in [6.07, 6.45) is -5.00. The molecule has 0 bridgehead atoms. The van der Waals surface area contributed by atoms with Gasteiger partial charge in [-0.3, -0.25) is 9.59 Å². The summed E-state index contributed by atoms with van der Waals surface area (Å²) in [5.41, 5.74) is 16.5. The summed E-state index contributed by atoms with van der Waals surface area (Å²) in [4.78, 5) is 53.3. The molecule has 0 heterocycles. The number of halogens is 6. The van der Waals surface area contributed by atoms with Gasteiger partial charge in [-0.15, -0.1) is 0 Å². The molecule has 69 heavy (non-hydrogen) atoms. The normalized spacial score (nSPS) is 11.7. The minimum atomic E-state index is -4.26. The van der Waals surface area contributed by atoms with Crippen LogP contribution in [0, 0.1) is 6.92 Å². The van der Waals surface area contributed by atoms with Crippen molar-refractivity contribution < 1.29 is 64.5 Å². The van der Waals surface area contributed by atoms with Gasteiger partial charge in [0.15, 0.2) is 11.6 Å².